The molecule has 0 saturated carbocycles. The van der Waals surface area contributed by atoms with E-state index in [4.69, 9.17) is 9.47 Å². The molecule has 0 N–H and O–H groups in total. The Bertz CT molecular complexity index is 101. The van der Waals surface area contributed by atoms with Crippen molar-refractivity contribution in [3.05, 3.63) is 0 Å². The molecule has 0 rings (SSSR count). The first-order valence-electron chi connectivity index (χ1n) is 4.14. The van der Waals surface area contributed by atoms with Crippen molar-refractivity contribution in [2.24, 2.45) is 0 Å². The van der Waals surface area contributed by atoms with Crippen molar-refractivity contribution < 1.29 is 9.47 Å². The van der Waals surface area contributed by atoms with Gasteiger partial charge >= 0.3 is 0 Å². The van der Waals surface area contributed by atoms with Gasteiger partial charge in [-0.3, -0.25) is 9.80 Å². The van der Waals surface area contributed by atoms with Gasteiger partial charge in [0.05, 0.1) is 6.67 Å². The lowest BCUT2D eigenvalue weighted by molar-refractivity contribution is -0.0752. The van der Waals surface area contributed by atoms with Gasteiger partial charge in [-0.2, -0.15) is 0 Å². The second kappa shape index (κ2) is 7.49. The van der Waals surface area contributed by atoms with Gasteiger partial charge in [-0.25, -0.2) is 0 Å². The molecule has 0 unspecified atom stereocenters. The number of hydrogen-bond acceptors (Lipinski definition) is 4. The maximum absolute atomic E-state index is 5.17. The van der Waals surface area contributed by atoms with Crippen LogP contribution in [0, 0.1) is 0 Å². The largest absolute Gasteiger partial charge is 0.359 e. The fourth-order valence-electron chi connectivity index (χ4n) is 0.829. The van der Waals surface area contributed by atoms with E-state index >= 15 is 0 Å². The van der Waals surface area contributed by atoms with E-state index in [9.17, 15) is 0 Å². The molecule has 12 heavy (non-hydrogen) atoms. The van der Waals surface area contributed by atoms with Crippen LogP contribution >= 0.6 is 0 Å². The van der Waals surface area contributed by atoms with Crippen molar-refractivity contribution in [1.82, 2.24) is 9.80 Å². The molecule has 0 atom stereocenters. The van der Waals surface area contributed by atoms with Gasteiger partial charge in [0.15, 0.2) is 0 Å². The maximum Gasteiger partial charge on any atom is 0.148 e. The zero-order chi connectivity index (χ0) is 9.40. The van der Waals surface area contributed by atoms with Crippen molar-refractivity contribution in [2.45, 2.75) is 6.92 Å². The number of methoxy groups -OCH3 is 1. The smallest absolute Gasteiger partial charge is 0.148 e. The van der Waals surface area contributed by atoms with Crippen molar-refractivity contribution in [3.8, 4) is 0 Å². The molecule has 0 spiro atoms. The highest BCUT2D eigenvalue weighted by atomic mass is 16.7. The molecule has 0 radical (unpaired) electrons. The highest BCUT2D eigenvalue weighted by Gasteiger charge is 2.00. The Balaban J connectivity index is 3.26. The number of hydrogen-bond donors (Lipinski definition) is 0. The van der Waals surface area contributed by atoms with Gasteiger partial charge < -0.3 is 9.47 Å². The lowest BCUT2D eigenvalue weighted by Gasteiger charge is -2.22. The van der Waals surface area contributed by atoms with E-state index < -0.39 is 0 Å². The summed E-state index contributed by atoms with van der Waals surface area (Å²) in [5.41, 5.74) is 0. The van der Waals surface area contributed by atoms with E-state index in [0.717, 1.165) is 13.2 Å². The topological polar surface area (TPSA) is 24.9 Å². The summed E-state index contributed by atoms with van der Waals surface area (Å²) >= 11 is 0. The highest BCUT2D eigenvalue weighted by Crippen LogP contribution is 1.88. The van der Waals surface area contributed by atoms with Crippen LogP contribution in [0.2, 0.25) is 0 Å². The van der Waals surface area contributed by atoms with Crippen LogP contribution in [0.15, 0.2) is 0 Å². The molecule has 0 aromatic heterocycles. The van der Waals surface area contributed by atoms with E-state index in [-0.39, 0.29) is 0 Å². The van der Waals surface area contributed by atoms with E-state index in [1.54, 1.807) is 7.11 Å². The normalized spacial score (nSPS) is 11.5. The average Bonchev–Trinajstić information content (AvgIpc) is 2.05. The van der Waals surface area contributed by atoms with Crippen LogP contribution in [0.25, 0.3) is 0 Å². The van der Waals surface area contributed by atoms with Crippen LogP contribution in [-0.4, -0.2) is 57.7 Å². The van der Waals surface area contributed by atoms with Gasteiger partial charge in [-0.1, -0.05) is 6.92 Å². The minimum atomic E-state index is 0.361. The van der Waals surface area contributed by atoms with E-state index in [0.29, 0.717) is 13.5 Å². The molecule has 0 heterocycles. The molecule has 0 aliphatic carbocycles. The Morgan fingerprint density at radius 1 is 1.17 bits per heavy atom. The number of ether oxygens (including phenoxy) is 2. The molecule has 0 bridgehead atoms. The van der Waals surface area contributed by atoms with Crippen molar-refractivity contribution in [3.63, 3.8) is 0 Å². The maximum atomic E-state index is 5.17. The van der Waals surface area contributed by atoms with Gasteiger partial charge in [0.25, 0.3) is 0 Å². The summed E-state index contributed by atoms with van der Waals surface area (Å²) in [6.07, 6.45) is 0. The lowest BCUT2D eigenvalue weighted by atomic mass is 10.6. The Morgan fingerprint density at radius 2 is 1.83 bits per heavy atom. The molecular formula is C8H20N2O2. The molecule has 0 aliphatic heterocycles. The molecule has 0 amide bonds. The monoisotopic (exact) mass is 176 g/mol. The predicted octanol–water partition coefficient (Wildman–Crippen LogP) is 0.405. The molecule has 4 nitrogen and oxygen atoms in total. The van der Waals surface area contributed by atoms with E-state index in [2.05, 4.69) is 23.8 Å². The van der Waals surface area contributed by atoms with Crippen molar-refractivity contribution in [2.75, 3.05) is 47.9 Å². The molecule has 0 aromatic rings. The fraction of sp³-hybridized carbons (Fsp3) is 1.00. The van der Waals surface area contributed by atoms with E-state index in [1.807, 2.05) is 7.05 Å². The summed E-state index contributed by atoms with van der Waals surface area (Å²) < 4.78 is 9.93. The average molecular weight is 176 g/mol. The molecule has 0 saturated heterocycles. The van der Waals surface area contributed by atoms with E-state index in [1.165, 1.54) is 0 Å². The summed E-state index contributed by atoms with van der Waals surface area (Å²) in [5.74, 6) is 0. The Kier molecular flexibility index (Phi) is 7.39. The van der Waals surface area contributed by atoms with Crippen LogP contribution in [0.3, 0.4) is 0 Å². The molecule has 4 heteroatoms. The van der Waals surface area contributed by atoms with Crippen LogP contribution < -0.4 is 0 Å². The third-order valence-corrected chi connectivity index (χ3v) is 1.54. The van der Waals surface area contributed by atoms with Crippen molar-refractivity contribution in [1.29, 1.82) is 0 Å². The number of rotatable bonds is 7. The van der Waals surface area contributed by atoms with Gasteiger partial charge in [0, 0.05) is 7.11 Å². The zero-order valence-corrected chi connectivity index (χ0v) is 8.54. The first-order chi connectivity index (χ1) is 5.70. The Morgan fingerprint density at radius 3 is 2.33 bits per heavy atom. The first kappa shape index (κ1) is 11.8. The first-order valence-corrected chi connectivity index (χ1v) is 4.14. The standard InChI is InChI=1S/C8H20N2O2/c1-5-9(2)6-10(3)7-12-8-11-4/h5-8H2,1-4H3. The van der Waals surface area contributed by atoms with Crippen LogP contribution in [0.1, 0.15) is 6.92 Å². The second-order valence-electron chi connectivity index (χ2n) is 2.91. The Hall–Kier alpha value is -0.160. The third kappa shape index (κ3) is 6.54. The molecular weight excluding hydrogens is 156 g/mol. The molecule has 0 aliphatic rings. The molecule has 74 valence electrons. The predicted molar refractivity (Wildman–Crippen MR) is 48.8 cm³/mol. The second-order valence-corrected chi connectivity index (χ2v) is 2.91. The lowest BCUT2D eigenvalue weighted by Crippen LogP contribution is -2.34. The summed E-state index contributed by atoms with van der Waals surface area (Å²) in [5, 5.41) is 0. The summed E-state index contributed by atoms with van der Waals surface area (Å²) in [7, 11) is 5.72. The van der Waals surface area contributed by atoms with Crippen molar-refractivity contribution >= 4 is 0 Å². The van der Waals surface area contributed by atoms with Gasteiger partial charge in [-0.15, -0.1) is 0 Å². The quantitative estimate of drug-likeness (QED) is 0.414. The summed E-state index contributed by atoms with van der Waals surface area (Å²) in [6.45, 7) is 5.07. The minimum Gasteiger partial charge on any atom is -0.359 e. The van der Waals surface area contributed by atoms with Gasteiger partial charge in [0.1, 0.15) is 13.5 Å². The van der Waals surface area contributed by atoms with Gasteiger partial charge in [-0.05, 0) is 20.6 Å². The Labute approximate surface area is 75.0 Å². The van der Waals surface area contributed by atoms with Crippen LogP contribution in [0.5, 0.6) is 0 Å². The number of nitrogens with zero attached hydrogens (tertiary/aromatic N) is 2. The fourth-order valence-corrected chi connectivity index (χ4v) is 0.829. The highest BCUT2D eigenvalue weighted by molar-refractivity contribution is 4.44. The van der Waals surface area contributed by atoms with Crippen LogP contribution in [-0.2, 0) is 9.47 Å². The third-order valence-electron chi connectivity index (χ3n) is 1.54. The van der Waals surface area contributed by atoms with Crippen LogP contribution in [0.4, 0.5) is 0 Å². The summed E-state index contributed by atoms with van der Waals surface area (Å²) in [6, 6.07) is 0. The minimum absolute atomic E-state index is 0.361. The zero-order valence-electron chi connectivity index (χ0n) is 8.54. The SMILES string of the molecule is CCN(C)CN(C)COCOC. The molecule has 0 fully saturated rings. The summed E-state index contributed by atoms with van der Waals surface area (Å²) in [4.78, 5) is 4.29. The molecule has 0 aromatic carbocycles. The van der Waals surface area contributed by atoms with Gasteiger partial charge in [0.2, 0.25) is 0 Å².